The maximum atomic E-state index is 12.4. The van der Waals surface area contributed by atoms with Crippen LogP contribution >= 0.6 is 0 Å². The molecule has 26 heavy (non-hydrogen) atoms. The maximum absolute atomic E-state index is 12.4. The van der Waals surface area contributed by atoms with Crippen molar-refractivity contribution < 1.29 is 19.4 Å². The number of hydrogen-bond donors (Lipinski definition) is 1. The van der Waals surface area contributed by atoms with Crippen LogP contribution in [0.3, 0.4) is 0 Å². The third-order valence-corrected chi connectivity index (χ3v) is 4.90. The molecule has 0 heterocycles. The Labute approximate surface area is 154 Å². The number of carboxylic acid groups (broad SMARTS) is 1. The molecule has 0 bridgehead atoms. The second-order valence-electron chi connectivity index (χ2n) is 6.71. The van der Waals surface area contributed by atoms with Crippen LogP contribution < -0.4 is 0 Å². The average molecular weight is 355 g/mol. The molecule has 0 spiro atoms. The Bertz CT molecular complexity index is 732. The molecule has 0 aliphatic carbocycles. The lowest BCUT2D eigenvalue weighted by Crippen LogP contribution is -2.50. The molecule has 2 atom stereocenters. The third kappa shape index (κ3) is 4.63. The molecule has 0 aliphatic rings. The Morgan fingerprint density at radius 2 is 1.54 bits per heavy atom. The zero-order valence-corrected chi connectivity index (χ0v) is 15.4. The summed E-state index contributed by atoms with van der Waals surface area (Å²) in [5, 5.41) is 9.82. The van der Waals surface area contributed by atoms with E-state index in [2.05, 4.69) is 0 Å². The molecule has 5 nitrogen and oxygen atoms in total. The summed E-state index contributed by atoms with van der Waals surface area (Å²) < 4.78 is 5.33. The van der Waals surface area contributed by atoms with Crippen LogP contribution in [0.25, 0.3) is 0 Å². The summed E-state index contributed by atoms with van der Waals surface area (Å²) in [6, 6.07) is 18.2. The predicted octanol–water partition coefficient (Wildman–Crippen LogP) is 3.98. The SMILES string of the molecule is C[C@H](N(C)C(=O)OCc1ccccc1)[C@](C)(Cc1ccccc1)C(=O)O. The van der Waals surface area contributed by atoms with Crippen molar-refractivity contribution in [3.05, 3.63) is 71.8 Å². The molecular formula is C21H25NO4. The van der Waals surface area contributed by atoms with Crippen molar-refractivity contribution >= 4 is 12.1 Å². The van der Waals surface area contributed by atoms with Gasteiger partial charge in [-0.1, -0.05) is 60.7 Å². The van der Waals surface area contributed by atoms with Gasteiger partial charge in [0.1, 0.15) is 6.61 Å². The van der Waals surface area contributed by atoms with E-state index in [1.54, 1.807) is 20.9 Å². The molecule has 2 aromatic rings. The first kappa shape index (κ1) is 19.5. The van der Waals surface area contributed by atoms with Gasteiger partial charge in [0.2, 0.25) is 0 Å². The zero-order valence-electron chi connectivity index (χ0n) is 15.4. The fourth-order valence-corrected chi connectivity index (χ4v) is 2.83. The summed E-state index contributed by atoms with van der Waals surface area (Å²) in [7, 11) is 1.57. The van der Waals surface area contributed by atoms with Gasteiger partial charge in [0.05, 0.1) is 5.41 Å². The van der Waals surface area contributed by atoms with E-state index in [0.29, 0.717) is 6.42 Å². The van der Waals surface area contributed by atoms with Crippen LogP contribution in [0.2, 0.25) is 0 Å². The van der Waals surface area contributed by atoms with Crippen molar-refractivity contribution in [1.82, 2.24) is 4.90 Å². The minimum atomic E-state index is -1.14. The number of ether oxygens (including phenoxy) is 1. The number of carbonyl (C=O) groups excluding carboxylic acids is 1. The van der Waals surface area contributed by atoms with Gasteiger partial charge in [-0.2, -0.15) is 0 Å². The molecule has 0 aromatic heterocycles. The fraction of sp³-hybridized carbons (Fsp3) is 0.333. The highest BCUT2D eigenvalue weighted by Crippen LogP contribution is 2.30. The van der Waals surface area contributed by atoms with Gasteiger partial charge in [-0.15, -0.1) is 0 Å². The van der Waals surface area contributed by atoms with Gasteiger partial charge < -0.3 is 14.7 Å². The van der Waals surface area contributed by atoms with Gasteiger partial charge in [0.25, 0.3) is 0 Å². The van der Waals surface area contributed by atoms with E-state index in [9.17, 15) is 14.7 Å². The number of nitrogens with zero attached hydrogens (tertiary/aromatic N) is 1. The van der Waals surface area contributed by atoms with Gasteiger partial charge in [-0.25, -0.2) is 4.79 Å². The van der Waals surface area contributed by atoms with Crippen molar-refractivity contribution in [3.63, 3.8) is 0 Å². The number of amides is 1. The fourth-order valence-electron chi connectivity index (χ4n) is 2.83. The van der Waals surface area contributed by atoms with Crippen molar-refractivity contribution in [2.75, 3.05) is 7.05 Å². The standard InChI is InChI=1S/C21H25NO4/c1-16(21(2,19(23)24)14-17-10-6-4-7-11-17)22(3)20(25)26-15-18-12-8-5-9-13-18/h4-13,16H,14-15H2,1-3H3,(H,23,24)/t16-,21-/m0/s1. The molecular weight excluding hydrogens is 330 g/mol. The van der Waals surface area contributed by atoms with Crippen molar-refractivity contribution in [3.8, 4) is 0 Å². The van der Waals surface area contributed by atoms with E-state index in [-0.39, 0.29) is 6.61 Å². The first-order valence-electron chi connectivity index (χ1n) is 8.55. The second kappa shape index (κ2) is 8.52. The monoisotopic (exact) mass is 355 g/mol. The third-order valence-electron chi connectivity index (χ3n) is 4.90. The number of hydrogen-bond acceptors (Lipinski definition) is 3. The molecule has 138 valence electrons. The van der Waals surface area contributed by atoms with Crippen molar-refractivity contribution in [1.29, 1.82) is 0 Å². The summed E-state index contributed by atoms with van der Waals surface area (Å²) in [5.74, 6) is -0.948. The summed E-state index contributed by atoms with van der Waals surface area (Å²) in [4.78, 5) is 25.7. The van der Waals surface area contributed by atoms with Crippen LogP contribution in [-0.2, 0) is 22.6 Å². The molecule has 2 aromatic carbocycles. The molecule has 0 saturated carbocycles. The van der Waals surface area contributed by atoms with E-state index in [1.165, 1.54) is 4.90 Å². The Balaban J connectivity index is 2.07. The van der Waals surface area contributed by atoms with Crippen LogP contribution in [0.4, 0.5) is 4.79 Å². The minimum absolute atomic E-state index is 0.152. The highest BCUT2D eigenvalue weighted by atomic mass is 16.6. The van der Waals surface area contributed by atoms with Gasteiger partial charge in [0, 0.05) is 13.1 Å². The van der Waals surface area contributed by atoms with Crippen molar-refractivity contribution in [2.24, 2.45) is 5.41 Å². The van der Waals surface area contributed by atoms with E-state index in [1.807, 2.05) is 60.7 Å². The number of rotatable bonds is 7. The number of benzene rings is 2. The first-order valence-corrected chi connectivity index (χ1v) is 8.55. The van der Waals surface area contributed by atoms with E-state index < -0.39 is 23.5 Å². The molecule has 1 N–H and O–H groups in total. The number of aliphatic carboxylic acids is 1. The molecule has 0 radical (unpaired) electrons. The van der Waals surface area contributed by atoms with Gasteiger partial charge >= 0.3 is 12.1 Å². The molecule has 2 rings (SSSR count). The first-order chi connectivity index (χ1) is 12.3. The molecule has 0 aliphatic heterocycles. The van der Waals surface area contributed by atoms with Crippen LogP contribution in [0.1, 0.15) is 25.0 Å². The quantitative estimate of drug-likeness (QED) is 0.816. The van der Waals surface area contributed by atoms with E-state index >= 15 is 0 Å². The Morgan fingerprint density at radius 3 is 2.04 bits per heavy atom. The Morgan fingerprint density at radius 1 is 1.04 bits per heavy atom. The predicted molar refractivity (Wildman–Crippen MR) is 99.7 cm³/mol. The lowest BCUT2D eigenvalue weighted by atomic mass is 9.77. The second-order valence-corrected chi connectivity index (χ2v) is 6.71. The zero-order chi connectivity index (χ0) is 19.2. The van der Waals surface area contributed by atoms with Gasteiger partial charge in [0.15, 0.2) is 0 Å². The lowest BCUT2D eigenvalue weighted by Gasteiger charge is -2.37. The normalized spacial score (nSPS) is 14.1. The van der Waals surface area contributed by atoms with Crippen molar-refractivity contribution in [2.45, 2.75) is 32.9 Å². The molecule has 0 saturated heterocycles. The Hall–Kier alpha value is -2.82. The maximum Gasteiger partial charge on any atom is 0.410 e. The van der Waals surface area contributed by atoms with E-state index in [4.69, 9.17) is 4.74 Å². The summed E-state index contributed by atoms with van der Waals surface area (Å²) >= 11 is 0. The van der Waals surface area contributed by atoms with E-state index in [0.717, 1.165) is 11.1 Å². The molecule has 5 heteroatoms. The highest BCUT2D eigenvalue weighted by Gasteiger charge is 2.42. The number of carboxylic acids is 1. The van der Waals surface area contributed by atoms with Crippen LogP contribution in [-0.4, -0.2) is 35.2 Å². The largest absolute Gasteiger partial charge is 0.481 e. The highest BCUT2D eigenvalue weighted by molar-refractivity contribution is 5.77. The number of carbonyl (C=O) groups is 2. The lowest BCUT2D eigenvalue weighted by molar-refractivity contribution is -0.151. The molecule has 1 amide bonds. The summed E-state index contributed by atoms with van der Waals surface area (Å²) in [6.07, 6.45) is -0.220. The van der Waals surface area contributed by atoms with Crippen LogP contribution in [0.5, 0.6) is 0 Å². The Kier molecular flexibility index (Phi) is 6.39. The van der Waals surface area contributed by atoms with Crippen LogP contribution in [0, 0.1) is 5.41 Å². The molecule has 0 fully saturated rings. The van der Waals surface area contributed by atoms with Gasteiger partial charge in [-0.05, 0) is 31.4 Å². The molecule has 0 unspecified atom stereocenters. The smallest absolute Gasteiger partial charge is 0.410 e. The van der Waals surface area contributed by atoms with Crippen LogP contribution in [0.15, 0.2) is 60.7 Å². The van der Waals surface area contributed by atoms with Gasteiger partial charge in [-0.3, -0.25) is 4.79 Å². The average Bonchev–Trinajstić information content (AvgIpc) is 2.66. The topological polar surface area (TPSA) is 66.8 Å². The minimum Gasteiger partial charge on any atom is -0.481 e. The summed E-state index contributed by atoms with van der Waals surface area (Å²) in [6.45, 7) is 3.55. The summed E-state index contributed by atoms with van der Waals surface area (Å²) in [5.41, 5.74) is 0.657.